The Kier molecular flexibility index (Phi) is 4.19. The van der Waals surface area contributed by atoms with Crippen molar-refractivity contribution >= 4 is 0 Å². The van der Waals surface area contributed by atoms with Gasteiger partial charge in [0.15, 0.2) is 0 Å². The summed E-state index contributed by atoms with van der Waals surface area (Å²) in [6.45, 7) is 2.75. The molecule has 0 saturated carbocycles. The second-order valence-corrected chi connectivity index (χ2v) is 4.40. The first-order valence-corrected chi connectivity index (χ1v) is 5.98. The summed E-state index contributed by atoms with van der Waals surface area (Å²) >= 11 is 0. The van der Waals surface area contributed by atoms with E-state index in [1.165, 1.54) is 0 Å². The van der Waals surface area contributed by atoms with Gasteiger partial charge in [-0.1, -0.05) is 0 Å². The first kappa shape index (κ1) is 13.3. The zero-order valence-corrected chi connectivity index (χ0v) is 9.95. The summed E-state index contributed by atoms with van der Waals surface area (Å²) in [6, 6.07) is 2.73. The normalized spacial score (nSPS) is 19.7. The van der Waals surface area contributed by atoms with Gasteiger partial charge in [-0.25, -0.2) is 0 Å². The van der Waals surface area contributed by atoms with Crippen LogP contribution in [0.3, 0.4) is 0 Å². The van der Waals surface area contributed by atoms with E-state index >= 15 is 0 Å². The molecule has 0 radical (unpaired) electrons. The van der Waals surface area contributed by atoms with E-state index in [0.717, 1.165) is 13.1 Å². The molecule has 0 unspecified atom stereocenters. The van der Waals surface area contributed by atoms with Crippen LogP contribution in [0.1, 0.15) is 18.0 Å². The summed E-state index contributed by atoms with van der Waals surface area (Å²) in [5, 5.41) is 3.15. The van der Waals surface area contributed by atoms with Gasteiger partial charge in [0.05, 0.1) is 6.42 Å². The molecule has 0 spiro atoms. The van der Waals surface area contributed by atoms with Crippen molar-refractivity contribution in [2.45, 2.75) is 18.6 Å². The van der Waals surface area contributed by atoms with Crippen molar-refractivity contribution in [2.24, 2.45) is 0 Å². The maximum Gasteiger partial charge on any atom is 0.390 e. The van der Waals surface area contributed by atoms with E-state index in [0.29, 0.717) is 18.7 Å². The summed E-state index contributed by atoms with van der Waals surface area (Å²) in [4.78, 5) is 5.75. The van der Waals surface area contributed by atoms with Crippen molar-refractivity contribution in [3.63, 3.8) is 0 Å². The quantitative estimate of drug-likeness (QED) is 0.899. The molecule has 0 bridgehead atoms. The van der Waals surface area contributed by atoms with Crippen LogP contribution < -0.4 is 5.32 Å². The summed E-state index contributed by atoms with van der Waals surface area (Å²) in [7, 11) is 0. The molecule has 18 heavy (non-hydrogen) atoms. The second-order valence-electron chi connectivity index (χ2n) is 4.40. The van der Waals surface area contributed by atoms with Gasteiger partial charge in [-0.3, -0.25) is 9.88 Å². The average Bonchev–Trinajstić information content (AvgIpc) is 2.37. The number of hydrogen-bond donors (Lipinski definition) is 1. The summed E-state index contributed by atoms with van der Waals surface area (Å²) in [5.74, 6) is 0. The molecule has 1 aromatic heterocycles. The van der Waals surface area contributed by atoms with Gasteiger partial charge < -0.3 is 5.32 Å². The molecule has 1 atom stereocenters. The number of nitrogens with zero attached hydrogens (tertiary/aromatic N) is 2. The van der Waals surface area contributed by atoms with Gasteiger partial charge in [0, 0.05) is 44.6 Å². The third-order valence-electron chi connectivity index (χ3n) is 3.11. The number of piperazine rings is 1. The van der Waals surface area contributed by atoms with Gasteiger partial charge in [-0.05, 0) is 17.7 Å². The van der Waals surface area contributed by atoms with E-state index in [4.69, 9.17) is 0 Å². The Balaban J connectivity index is 2.17. The monoisotopic (exact) mass is 259 g/mol. The van der Waals surface area contributed by atoms with E-state index in [-0.39, 0.29) is 0 Å². The van der Waals surface area contributed by atoms with Crippen molar-refractivity contribution in [3.8, 4) is 0 Å². The number of pyridine rings is 1. The molecular formula is C12H16F3N3. The van der Waals surface area contributed by atoms with Crippen LogP contribution in [0.25, 0.3) is 0 Å². The molecular weight excluding hydrogens is 243 g/mol. The number of hydrogen-bond acceptors (Lipinski definition) is 3. The standard InChI is InChI=1S/C12H16F3N3/c13-12(14,15)9-11(10-1-3-16-4-2-10)18-7-5-17-6-8-18/h1-4,11,17H,5-9H2/t11-/m0/s1. The highest BCUT2D eigenvalue weighted by atomic mass is 19.4. The van der Waals surface area contributed by atoms with Gasteiger partial charge >= 0.3 is 6.18 Å². The molecule has 0 amide bonds. The van der Waals surface area contributed by atoms with Gasteiger partial charge in [0.25, 0.3) is 0 Å². The van der Waals surface area contributed by atoms with Crippen LogP contribution in [-0.2, 0) is 0 Å². The average molecular weight is 259 g/mol. The Morgan fingerprint density at radius 3 is 2.39 bits per heavy atom. The van der Waals surface area contributed by atoms with Crippen LogP contribution in [-0.4, -0.2) is 42.2 Å². The van der Waals surface area contributed by atoms with Crippen molar-refractivity contribution < 1.29 is 13.2 Å². The third-order valence-corrected chi connectivity index (χ3v) is 3.11. The van der Waals surface area contributed by atoms with Crippen molar-refractivity contribution in [1.82, 2.24) is 15.2 Å². The van der Waals surface area contributed by atoms with E-state index < -0.39 is 18.6 Å². The highest BCUT2D eigenvalue weighted by Gasteiger charge is 2.35. The van der Waals surface area contributed by atoms with Crippen molar-refractivity contribution in [2.75, 3.05) is 26.2 Å². The zero-order chi connectivity index (χ0) is 13.0. The first-order valence-electron chi connectivity index (χ1n) is 5.98. The van der Waals surface area contributed by atoms with Crippen LogP contribution >= 0.6 is 0 Å². The molecule has 0 aliphatic carbocycles. The predicted octanol–water partition coefficient (Wildman–Crippen LogP) is 1.98. The molecule has 6 heteroatoms. The molecule has 2 rings (SSSR count). The van der Waals surface area contributed by atoms with E-state index in [2.05, 4.69) is 10.3 Å². The lowest BCUT2D eigenvalue weighted by atomic mass is 10.0. The predicted molar refractivity (Wildman–Crippen MR) is 62.1 cm³/mol. The SMILES string of the molecule is FC(F)(F)C[C@@H](c1ccncc1)N1CCNCC1. The van der Waals surface area contributed by atoms with E-state index in [9.17, 15) is 13.2 Å². The van der Waals surface area contributed by atoms with E-state index in [1.807, 2.05) is 4.90 Å². The minimum atomic E-state index is -4.15. The largest absolute Gasteiger partial charge is 0.390 e. The van der Waals surface area contributed by atoms with Crippen molar-refractivity contribution in [1.29, 1.82) is 0 Å². The smallest absolute Gasteiger partial charge is 0.314 e. The van der Waals surface area contributed by atoms with Gasteiger partial charge in [-0.15, -0.1) is 0 Å². The molecule has 1 saturated heterocycles. The third kappa shape index (κ3) is 3.68. The topological polar surface area (TPSA) is 28.2 Å². The van der Waals surface area contributed by atoms with E-state index in [1.54, 1.807) is 24.5 Å². The Hall–Kier alpha value is -1.14. The number of alkyl halides is 3. The fourth-order valence-corrected chi connectivity index (χ4v) is 2.26. The number of halogens is 3. The maximum absolute atomic E-state index is 12.7. The molecule has 1 aliphatic heterocycles. The van der Waals surface area contributed by atoms with Gasteiger partial charge in [-0.2, -0.15) is 13.2 Å². The second kappa shape index (κ2) is 5.67. The van der Waals surface area contributed by atoms with Gasteiger partial charge in [0.1, 0.15) is 0 Å². The number of nitrogens with one attached hydrogen (secondary N) is 1. The molecule has 1 N–H and O–H groups in total. The number of aromatic nitrogens is 1. The van der Waals surface area contributed by atoms with Crippen LogP contribution in [0.5, 0.6) is 0 Å². The highest BCUT2D eigenvalue weighted by Crippen LogP contribution is 2.33. The van der Waals surface area contributed by atoms with Crippen molar-refractivity contribution in [3.05, 3.63) is 30.1 Å². The molecule has 1 aromatic rings. The number of rotatable bonds is 3. The zero-order valence-electron chi connectivity index (χ0n) is 9.95. The van der Waals surface area contributed by atoms with Crippen LogP contribution in [0.4, 0.5) is 13.2 Å². The summed E-state index contributed by atoms with van der Waals surface area (Å²) < 4.78 is 38.1. The Morgan fingerprint density at radius 2 is 1.83 bits per heavy atom. The highest BCUT2D eigenvalue weighted by molar-refractivity contribution is 5.16. The summed E-state index contributed by atoms with van der Waals surface area (Å²) in [6.07, 6.45) is -1.88. The molecule has 3 nitrogen and oxygen atoms in total. The maximum atomic E-state index is 12.7. The lowest BCUT2D eigenvalue weighted by Crippen LogP contribution is -2.46. The molecule has 1 fully saturated rings. The molecule has 0 aromatic carbocycles. The Morgan fingerprint density at radius 1 is 1.22 bits per heavy atom. The van der Waals surface area contributed by atoms with Crippen LogP contribution in [0, 0.1) is 0 Å². The molecule has 2 heterocycles. The minimum Gasteiger partial charge on any atom is -0.314 e. The summed E-state index contributed by atoms with van der Waals surface area (Å²) in [5.41, 5.74) is 0.684. The van der Waals surface area contributed by atoms with Crippen LogP contribution in [0.2, 0.25) is 0 Å². The fourth-order valence-electron chi connectivity index (χ4n) is 2.26. The molecule has 1 aliphatic rings. The lowest BCUT2D eigenvalue weighted by molar-refractivity contribution is -0.148. The Labute approximate surface area is 104 Å². The minimum absolute atomic E-state index is 0.602. The Bertz CT molecular complexity index is 361. The lowest BCUT2D eigenvalue weighted by Gasteiger charge is -2.35. The van der Waals surface area contributed by atoms with Crippen LogP contribution in [0.15, 0.2) is 24.5 Å². The molecule has 100 valence electrons. The van der Waals surface area contributed by atoms with Gasteiger partial charge in [0.2, 0.25) is 0 Å². The fraction of sp³-hybridized carbons (Fsp3) is 0.583. The first-order chi connectivity index (χ1) is 8.56.